The number of thioether (sulfide) groups is 1. The summed E-state index contributed by atoms with van der Waals surface area (Å²) in [7, 11) is 3.14. The molecule has 0 aliphatic rings. The zero-order chi connectivity index (χ0) is 20.3. The van der Waals surface area contributed by atoms with E-state index < -0.39 is 5.91 Å². The molecule has 28 heavy (non-hydrogen) atoms. The maximum Gasteiger partial charge on any atom is 0.253 e. The number of hydrogen-bond donors (Lipinski definition) is 2. The maximum atomic E-state index is 12.0. The van der Waals surface area contributed by atoms with Gasteiger partial charge in [0.1, 0.15) is 5.82 Å². The number of benzene rings is 2. The number of pyridine rings is 1. The second-order valence-electron chi connectivity index (χ2n) is 5.98. The van der Waals surface area contributed by atoms with Crippen LogP contribution in [0.25, 0.3) is 22.4 Å². The number of carbonyl (C=O) groups is 1. The second-order valence-corrected chi connectivity index (χ2v) is 6.86. The van der Waals surface area contributed by atoms with Gasteiger partial charge in [-0.2, -0.15) is 0 Å². The SMILES string of the molecule is COc1ccc(-c2cc(-c3ccc(SC)cc3)c(C(N)=O)c(N)n2)cc1OC. The van der Waals surface area contributed by atoms with Crippen LogP contribution < -0.4 is 20.9 Å². The van der Waals surface area contributed by atoms with Crippen LogP contribution in [0.1, 0.15) is 10.4 Å². The van der Waals surface area contributed by atoms with E-state index in [9.17, 15) is 4.79 Å². The van der Waals surface area contributed by atoms with Crippen LogP contribution >= 0.6 is 11.8 Å². The third-order valence-corrected chi connectivity index (χ3v) is 5.12. The van der Waals surface area contributed by atoms with Crippen LogP contribution in [0.4, 0.5) is 5.82 Å². The number of nitrogens with two attached hydrogens (primary N) is 2. The molecule has 0 spiro atoms. The predicted octanol–water partition coefficient (Wildman–Crippen LogP) is 3.84. The van der Waals surface area contributed by atoms with Gasteiger partial charge in [0, 0.05) is 16.0 Å². The number of ether oxygens (including phenoxy) is 2. The Kier molecular flexibility index (Phi) is 5.75. The van der Waals surface area contributed by atoms with Crippen LogP contribution in [0, 0.1) is 0 Å². The van der Waals surface area contributed by atoms with Crippen molar-refractivity contribution in [3.05, 3.63) is 54.1 Å². The highest BCUT2D eigenvalue weighted by Gasteiger charge is 2.18. The number of nitrogens with zero attached hydrogens (tertiary/aromatic N) is 1. The fourth-order valence-corrected chi connectivity index (χ4v) is 3.37. The van der Waals surface area contributed by atoms with Crippen molar-refractivity contribution >= 4 is 23.5 Å². The zero-order valence-corrected chi connectivity index (χ0v) is 16.7. The molecule has 4 N–H and O–H groups in total. The van der Waals surface area contributed by atoms with Gasteiger partial charge in [0.05, 0.1) is 25.5 Å². The van der Waals surface area contributed by atoms with E-state index in [4.69, 9.17) is 20.9 Å². The Balaban J connectivity index is 2.19. The molecule has 0 radical (unpaired) electrons. The number of anilines is 1. The van der Waals surface area contributed by atoms with E-state index in [0.717, 1.165) is 16.0 Å². The van der Waals surface area contributed by atoms with Crippen LogP contribution in [-0.2, 0) is 0 Å². The largest absolute Gasteiger partial charge is 0.493 e. The first-order chi connectivity index (χ1) is 13.5. The molecule has 3 aromatic rings. The quantitative estimate of drug-likeness (QED) is 0.615. The van der Waals surface area contributed by atoms with Crippen LogP contribution in [0.15, 0.2) is 53.4 Å². The van der Waals surface area contributed by atoms with Gasteiger partial charge in [0.2, 0.25) is 0 Å². The summed E-state index contributed by atoms with van der Waals surface area (Å²) in [5.74, 6) is 0.655. The van der Waals surface area contributed by atoms with Crippen LogP contribution in [0.5, 0.6) is 11.5 Å². The second kappa shape index (κ2) is 8.22. The molecular formula is C21H21N3O3S. The molecule has 0 fully saturated rings. The summed E-state index contributed by atoms with van der Waals surface area (Å²) < 4.78 is 10.7. The van der Waals surface area contributed by atoms with Gasteiger partial charge >= 0.3 is 0 Å². The molecule has 0 atom stereocenters. The average Bonchev–Trinajstić information content (AvgIpc) is 2.72. The van der Waals surface area contributed by atoms with E-state index in [0.29, 0.717) is 22.8 Å². The topological polar surface area (TPSA) is 100 Å². The average molecular weight is 395 g/mol. The Morgan fingerprint density at radius 3 is 2.18 bits per heavy atom. The summed E-state index contributed by atoms with van der Waals surface area (Å²) in [6.45, 7) is 0. The first-order valence-electron chi connectivity index (χ1n) is 8.45. The lowest BCUT2D eigenvalue weighted by molar-refractivity contribution is 0.100. The highest BCUT2D eigenvalue weighted by molar-refractivity contribution is 7.98. The van der Waals surface area contributed by atoms with Crippen molar-refractivity contribution in [2.45, 2.75) is 4.90 Å². The Hall–Kier alpha value is -3.19. The van der Waals surface area contributed by atoms with Crippen molar-refractivity contribution in [2.75, 3.05) is 26.2 Å². The molecular weight excluding hydrogens is 374 g/mol. The Morgan fingerprint density at radius 1 is 0.964 bits per heavy atom. The van der Waals surface area contributed by atoms with Crippen LogP contribution in [0.3, 0.4) is 0 Å². The summed E-state index contributed by atoms with van der Waals surface area (Å²) in [6.07, 6.45) is 2.00. The predicted molar refractivity (Wildman–Crippen MR) is 113 cm³/mol. The molecule has 0 unspecified atom stereocenters. The summed E-state index contributed by atoms with van der Waals surface area (Å²) in [6, 6.07) is 15.1. The first-order valence-corrected chi connectivity index (χ1v) is 9.68. The molecule has 3 rings (SSSR count). The number of carbonyl (C=O) groups excluding carboxylic acids is 1. The monoisotopic (exact) mass is 395 g/mol. The summed E-state index contributed by atoms with van der Waals surface area (Å²) in [5, 5.41) is 0. The molecule has 7 heteroatoms. The number of amides is 1. The van der Waals surface area contributed by atoms with Gasteiger partial charge in [-0.15, -0.1) is 11.8 Å². The number of aromatic nitrogens is 1. The van der Waals surface area contributed by atoms with Gasteiger partial charge in [0.15, 0.2) is 11.5 Å². The van der Waals surface area contributed by atoms with Gasteiger partial charge in [-0.25, -0.2) is 4.98 Å². The zero-order valence-electron chi connectivity index (χ0n) is 15.9. The Labute approximate surface area is 167 Å². The molecule has 0 bridgehead atoms. The third kappa shape index (κ3) is 3.75. The smallest absolute Gasteiger partial charge is 0.253 e. The molecule has 0 saturated heterocycles. The molecule has 6 nitrogen and oxygen atoms in total. The van der Waals surface area contributed by atoms with E-state index in [1.807, 2.05) is 48.7 Å². The summed E-state index contributed by atoms with van der Waals surface area (Å²) >= 11 is 1.64. The van der Waals surface area contributed by atoms with E-state index in [1.165, 1.54) is 0 Å². The number of hydrogen-bond acceptors (Lipinski definition) is 6. The summed E-state index contributed by atoms with van der Waals surface area (Å²) in [5.41, 5.74) is 14.8. The highest BCUT2D eigenvalue weighted by Crippen LogP contribution is 2.35. The third-order valence-electron chi connectivity index (χ3n) is 4.37. The molecule has 1 amide bonds. The van der Waals surface area contributed by atoms with Crippen molar-refractivity contribution in [1.82, 2.24) is 4.98 Å². The van der Waals surface area contributed by atoms with Crippen molar-refractivity contribution in [1.29, 1.82) is 0 Å². The molecule has 0 saturated carbocycles. The first kappa shape index (κ1) is 19.6. The lowest BCUT2D eigenvalue weighted by Gasteiger charge is -2.14. The van der Waals surface area contributed by atoms with Gasteiger partial charge in [-0.05, 0) is 48.2 Å². The molecule has 2 aromatic carbocycles. The van der Waals surface area contributed by atoms with Crippen molar-refractivity contribution in [3.63, 3.8) is 0 Å². The molecule has 144 valence electrons. The molecule has 1 heterocycles. The number of nitrogen functional groups attached to an aromatic ring is 1. The maximum absolute atomic E-state index is 12.0. The number of methoxy groups -OCH3 is 2. The van der Waals surface area contributed by atoms with E-state index in [2.05, 4.69) is 4.98 Å². The van der Waals surface area contributed by atoms with Crippen molar-refractivity contribution < 1.29 is 14.3 Å². The fourth-order valence-electron chi connectivity index (χ4n) is 2.97. The van der Waals surface area contributed by atoms with Crippen LogP contribution in [0.2, 0.25) is 0 Å². The van der Waals surface area contributed by atoms with Gasteiger partial charge in [-0.1, -0.05) is 12.1 Å². The number of rotatable bonds is 6. The van der Waals surface area contributed by atoms with Crippen molar-refractivity contribution in [2.24, 2.45) is 5.73 Å². The lowest BCUT2D eigenvalue weighted by atomic mass is 9.97. The van der Waals surface area contributed by atoms with Gasteiger partial charge < -0.3 is 20.9 Å². The molecule has 0 aliphatic heterocycles. The minimum atomic E-state index is -0.618. The van der Waals surface area contributed by atoms with E-state index in [-0.39, 0.29) is 11.4 Å². The highest BCUT2D eigenvalue weighted by atomic mass is 32.2. The normalized spacial score (nSPS) is 10.5. The summed E-state index contributed by atoms with van der Waals surface area (Å²) in [4.78, 5) is 17.5. The number of primary amides is 1. The minimum absolute atomic E-state index is 0.0868. The Bertz CT molecular complexity index is 1020. The minimum Gasteiger partial charge on any atom is -0.493 e. The van der Waals surface area contributed by atoms with Crippen LogP contribution in [-0.4, -0.2) is 31.4 Å². The fraction of sp³-hybridized carbons (Fsp3) is 0.143. The molecule has 1 aromatic heterocycles. The standard InChI is InChI=1S/C21H21N3O3S/c1-26-17-9-6-13(10-18(17)27-2)16-11-15(19(21(23)25)20(22)24-16)12-4-7-14(28-3)8-5-12/h4-11H,1-3H3,(H2,22,24)(H2,23,25). The van der Waals surface area contributed by atoms with E-state index >= 15 is 0 Å². The lowest BCUT2D eigenvalue weighted by Crippen LogP contribution is -2.16. The Morgan fingerprint density at radius 2 is 1.61 bits per heavy atom. The molecule has 0 aliphatic carbocycles. The van der Waals surface area contributed by atoms with E-state index in [1.54, 1.807) is 32.0 Å². The van der Waals surface area contributed by atoms with Gasteiger partial charge in [-0.3, -0.25) is 4.79 Å². The van der Waals surface area contributed by atoms with Crippen molar-refractivity contribution in [3.8, 4) is 33.9 Å². The van der Waals surface area contributed by atoms with Gasteiger partial charge in [0.25, 0.3) is 5.91 Å².